The van der Waals surface area contributed by atoms with Gasteiger partial charge in [0.1, 0.15) is 6.04 Å². The Morgan fingerprint density at radius 1 is 2.00 bits per heavy atom. The van der Waals surface area contributed by atoms with E-state index in [4.69, 9.17) is 10.8 Å². The molecule has 0 saturated heterocycles. The predicted molar refractivity (Wildman–Crippen MR) is 29.3 cm³/mol. The van der Waals surface area contributed by atoms with Crippen LogP contribution in [0.25, 0.3) is 0 Å². The molecule has 0 aliphatic rings. The molecule has 1 atom stereocenters. The molecule has 0 rings (SSSR count). The van der Waals surface area contributed by atoms with Gasteiger partial charge in [-0.05, 0) is 6.08 Å². The van der Waals surface area contributed by atoms with E-state index < -0.39 is 12.0 Å². The van der Waals surface area contributed by atoms with Crippen LogP contribution in [0.3, 0.4) is 0 Å². The highest BCUT2D eigenvalue weighted by molar-refractivity contribution is 5.75. The maximum atomic E-state index is 9.87. The average molecular weight is 113 g/mol. The minimum Gasteiger partial charge on any atom is -0.480 e. The summed E-state index contributed by atoms with van der Waals surface area (Å²) < 4.78 is 0. The van der Waals surface area contributed by atoms with Crippen molar-refractivity contribution in [1.82, 2.24) is 0 Å². The normalized spacial score (nSPS) is 11.6. The lowest BCUT2D eigenvalue weighted by Crippen LogP contribution is -2.26. The molecule has 0 aliphatic carbocycles. The van der Waals surface area contributed by atoms with E-state index in [0.717, 1.165) is 0 Å². The number of hydrogen-bond acceptors (Lipinski definition) is 2. The summed E-state index contributed by atoms with van der Waals surface area (Å²) in [6, 6.07) is -0.965. The molecule has 3 nitrogen and oxygen atoms in total. The van der Waals surface area contributed by atoms with E-state index in [2.05, 4.69) is 12.3 Å². The van der Waals surface area contributed by atoms with Gasteiger partial charge in [-0.3, -0.25) is 4.79 Å². The Morgan fingerprint density at radius 2 is 2.50 bits per heavy atom. The number of carbonyl (C=O) groups is 1. The van der Waals surface area contributed by atoms with Crippen LogP contribution >= 0.6 is 0 Å². The maximum Gasteiger partial charge on any atom is 0.325 e. The largest absolute Gasteiger partial charge is 0.480 e. The quantitative estimate of drug-likeness (QED) is 0.485. The summed E-state index contributed by atoms with van der Waals surface area (Å²) >= 11 is 0. The van der Waals surface area contributed by atoms with Crippen molar-refractivity contribution >= 4 is 5.97 Å². The minimum absolute atomic E-state index is 0.965. The van der Waals surface area contributed by atoms with Gasteiger partial charge < -0.3 is 10.8 Å². The Kier molecular flexibility index (Phi) is 2.62. The Hall–Kier alpha value is -1.05. The fourth-order valence-corrected chi connectivity index (χ4v) is 0.198. The molecule has 0 aliphatic heterocycles. The molecular weight excluding hydrogens is 106 g/mol. The fourth-order valence-electron chi connectivity index (χ4n) is 0.198. The molecular formula is C5H7NO2. The first-order chi connectivity index (χ1) is 3.68. The number of aliphatic carboxylic acids is 1. The molecule has 0 aromatic carbocycles. The number of carboxylic acid groups (broad SMARTS) is 1. The molecule has 0 aromatic rings. The first kappa shape index (κ1) is 6.95. The summed E-state index contributed by atoms with van der Waals surface area (Å²) in [5.41, 5.74) is 7.24. The van der Waals surface area contributed by atoms with Gasteiger partial charge in [0, 0.05) is 0 Å². The Balaban J connectivity index is 3.82. The van der Waals surface area contributed by atoms with Crippen molar-refractivity contribution in [1.29, 1.82) is 0 Å². The lowest BCUT2D eigenvalue weighted by molar-refractivity contribution is -0.137. The second-order valence-corrected chi connectivity index (χ2v) is 1.23. The van der Waals surface area contributed by atoms with E-state index in [-0.39, 0.29) is 0 Å². The number of nitrogens with two attached hydrogens (primary N) is 1. The predicted octanol–water partition coefficient (Wildman–Crippen LogP) is -0.261. The summed E-state index contributed by atoms with van der Waals surface area (Å²) in [7, 11) is 0. The van der Waals surface area contributed by atoms with Gasteiger partial charge >= 0.3 is 5.97 Å². The first-order valence-electron chi connectivity index (χ1n) is 2.03. The Bertz CT molecular complexity index is 133. The molecule has 1 unspecified atom stereocenters. The molecule has 3 heteroatoms. The minimum atomic E-state index is -1.07. The highest BCUT2D eigenvalue weighted by Gasteiger charge is 2.03. The van der Waals surface area contributed by atoms with Crippen LogP contribution < -0.4 is 5.73 Å². The van der Waals surface area contributed by atoms with Gasteiger partial charge in [0.2, 0.25) is 0 Å². The van der Waals surface area contributed by atoms with E-state index in [0.29, 0.717) is 0 Å². The molecule has 0 heterocycles. The molecule has 0 bridgehead atoms. The fraction of sp³-hybridized carbons (Fsp3) is 0.200. The Labute approximate surface area is 47.1 Å². The van der Waals surface area contributed by atoms with E-state index in [1.165, 1.54) is 6.08 Å². The van der Waals surface area contributed by atoms with Crippen molar-refractivity contribution in [2.75, 3.05) is 0 Å². The van der Waals surface area contributed by atoms with Crippen molar-refractivity contribution in [3.05, 3.63) is 18.4 Å². The highest BCUT2D eigenvalue weighted by Crippen LogP contribution is 1.76. The van der Waals surface area contributed by atoms with E-state index in [1.54, 1.807) is 0 Å². The standard InChI is InChI=1S/C5H7NO2/c1-2-3-4(6)5(7)8/h3-4H,1,6H2,(H,7,8). The second-order valence-electron chi connectivity index (χ2n) is 1.23. The third-order valence-electron chi connectivity index (χ3n) is 0.583. The number of carboxylic acids is 1. The van der Waals surface area contributed by atoms with Crippen molar-refractivity contribution in [3.8, 4) is 0 Å². The van der Waals surface area contributed by atoms with Crippen LogP contribution in [0.5, 0.6) is 0 Å². The van der Waals surface area contributed by atoms with Gasteiger partial charge in [0.25, 0.3) is 0 Å². The number of rotatable bonds is 2. The van der Waals surface area contributed by atoms with Gasteiger partial charge in [-0.15, -0.1) is 5.73 Å². The molecule has 3 N–H and O–H groups in total. The van der Waals surface area contributed by atoms with Gasteiger partial charge in [-0.1, -0.05) is 6.58 Å². The van der Waals surface area contributed by atoms with E-state index in [9.17, 15) is 4.79 Å². The van der Waals surface area contributed by atoms with Gasteiger partial charge in [-0.2, -0.15) is 0 Å². The first-order valence-corrected chi connectivity index (χ1v) is 2.03. The van der Waals surface area contributed by atoms with Crippen molar-refractivity contribution in [2.45, 2.75) is 6.04 Å². The van der Waals surface area contributed by atoms with Crippen LogP contribution in [0.15, 0.2) is 18.4 Å². The molecule has 0 amide bonds. The Morgan fingerprint density at radius 3 is 2.62 bits per heavy atom. The zero-order chi connectivity index (χ0) is 6.57. The summed E-state index contributed by atoms with van der Waals surface area (Å²) in [5, 5.41) is 8.09. The smallest absolute Gasteiger partial charge is 0.325 e. The van der Waals surface area contributed by atoms with Crippen molar-refractivity contribution < 1.29 is 9.90 Å². The monoisotopic (exact) mass is 113 g/mol. The summed E-state index contributed by atoms with van der Waals surface area (Å²) in [4.78, 5) is 9.87. The molecule has 8 heavy (non-hydrogen) atoms. The summed E-state index contributed by atoms with van der Waals surface area (Å²) in [6.07, 6.45) is 1.18. The molecule has 44 valence electrons. The van der Waals surface area contributed by atoms with Crippen LogP contribution in [-0.4, -0.2) is 17.1 Å². The highest BCUT2D eigenvalue weighted by atomic mass is 16.4. The zero-order valence-corrected chi connectivity index (χ0v) is 4.29. The number of hydrogen-bond donors (Lipinski definition) is 2. The maximum absolute atomic E-state index is 9.87. The van der Waals surface area contributed by atoms with Gasteiger partial charge in [0.05, 0.1) is 0 Å². The molecule has 0 spiro atoms. The van der Waals surface area contributed by atoms with E-state index >= 15 is 0 Å². The third kappa shape index (κ3) is 2.18. The molecule has 0 radical (unpaired) electrons. The topological polar surface area (TPSA) is 63.3 Å². The van der Waals surface area contributed by atoms with Crippen LogP contribution in [-0.2, 0) is 4.79 Å². The van der Waals surface area contributed by atoms with Crippen LogP contribution in [0.1, 0.15) is 0 Å². The average Bonchev–Trinajstić information content (AvgIpc) is 1.67. The third-order valence-corrected chi connectivity index (χ3v) is 0.583. The lowest BCUT2D eigenvalue weighted by atomic mass is 10.3. The van der Waals surface area contributed by atoms with Gasteiger partial charge in [-0.25, -0.2) is 0 Å². The second kappa shape index (κ2) is 3.02. The van der Waals surface area contributed by atoms with Gasteiger partial charge in [0.15, 0.2) is 0 Å². The molecule has 0 aromatic heterocycles. The zero-order valence-electron chi connectivity index (χ0n) is 4.29. The molecule has 0 saturated carbocycles. The molecule has 0 fully saturated rings. The lowest BCUT2D eigenvalue weighted by Gasteiger charge is -1.92. The SMILES string of the molecule is C=C=CC(N)C(=O)O. The van der Waals surface area contributed by atoms with Crippen molar-refractivity contribution in [3.63, 3.8) is 0 Å². The van der Waals surface area contributed by atoms with Crippen molar-refractivity contribution in [2.24, 2.45) is 5.73 Å². The summed E-state index contributed by atoms with van der Waals surface area (Å²) in [6.45, 7) is 3.16. The van der Waals surface area contributed by atoms with Crippen LogP contribution in [0, 0.1) is 0 Å². The summed E-state index contributed by atoms with van der Waals surface area (Å²) in [5.74, 6) is -1.07. The van der Waals surface area contributed by atoms with Crippen LogP contribution in [0.2, 0.25) is 0 Å². The van der Waals surface area contributed by atoms with E-state index in [1.807, 2.05) is 0 Å². The van der Waals surface area contributed by atoms with Crippen LogP contribution in [0.4, 0.5) is 0 Å².